The van der Waals surface area contributed by atoms with Crippen LogP contribution in [0.5, 0.6) is 0 Å². The Balaban J connectivity index is 1.77. The first kappa shape index (κ1) is 25.2. The quantitative estimate of drug-likeness (QED) is 0.430. The topological polar surface area (TPSA) is 102 Å². The van der Waals surface area contributed by atoms with E-state index in [9.17, 15) is 19.2 Å². The predicted molar refractivity (Wildman–Crippen MR) is 134 cm³/mol. The predicted octanol–water partition coefficient (Wildman–Crippen LogP) is 3.40. The Bertz CT molecular complexity index is 1280. The van der Waals surface area contributed by atoms with Crippen molar-refractivity contribution in [1.82, 2.24) is 14.5 Å². The number of hydrogen-bond acceptors (Lipinski definition) is 4. The third-order valence-electron chi connectivity index (χ3n) is 5.30. The van der Waals surface area contributed by atoms with Gasteiger partial charge in [0.2, 0.25) is 11.8 Å². The Morgan fingerprint density at radius 1 is 0.941 bits per heavy atom. The maximum atomic E-state index is 13.2. The van der Waals surface area contributed by atoms with Gasteiger partial charge in [-0.25, -0.2) is 4.79 Å². The third kappa shape index (κ3) is 6.57. The highest BCUT2D eigenvalue weighted by Crippen LogP contribution is 2.14. The molecule has 3 rings (SSSR count). The lowest BCUT2D eigenvalue weighted by Crippen LogP contribution is -2.41. The van der Waals surface area contributed by atoms with Crippen LogP contribution in [0.2, 0.25) is 5.02 Å². The molecule has 2 amide bonds. The minimum absolute atomic E-state index is 0.0455. The van der Waals surface area contributed by atoms with E-state index in [2.05, 4.69) is 10.6 Å². The smallest absolute Gasteiger partial charge is 0.331 e. The molecule has 34 heavy (non-hydrogen) atoms. The van der Waals surface area contributed by atoms with Crippen molar-refractivity contribution in [3.05, 3.63) is 74.4 Å². The van der Waals surface area contributed by atoms with Gasteiger partial charge in [-0.1, -0.05) is 37.6 Å². The van der Waals surface area contributed by atoms with Gasteiger partial charge >= 0.3 is 5.69 Å². The number of aromatic nitrogens is 2. The highest BCUT2D eigenvalue weighted by atomic mass is 35.5. The zero-order valence-electron chi connectivity index (χ0n) is 19.3. The van der Waals surface area contributed by atoms with Crippen LogP contribution in [-0.2, 0) is 22.7 Å². The lowest BCUT2D eigenvalue weighted by Gasteiger charge is -2.14. The molecule has 0 atom stereocenters. The Morgan fingerprint density at radius 2 is 1.65 bits per heavy atom. The number of nitrogens with one attached hydrogen (secondary N) is 2. The van der Waals surface area contributed by atoms with E-state index in [4.69, 9.17) is 11.6 Å². The van der Waals surface area contributed by atoms with Gasteiger partial charge in [-0.15, -0.1) is 0 Å². The molecule has 0 unspecified atom stereocenters. The number of carbonyl (C=O) groups is 2. The van der Waals surface area contributed by atoms with Gasteiger partial charge in [-0.05, 0) is 55.2 Å². The lowest BCUT2D eigenvalue weighted by atomic mass is 10.2. The molecule has 9 heteroatoms. The Morgan fingerprint density at radius 3 is 2.35 bits per heavy atom. The van der Waals surface area contributed by atoms with Crippen LogP contribution in [0.25, 0.3) is 10.9 Å². The molecule has 0 spiro atoms. The van der Waals surface area contributed by atoms with Crippen LogP contribution in [0.1, 0.15) is 33.1 Å². The molecule has 0 saturated heterocycles. The summed E-state index contributed by atoms with van der Waals surface area (Å²) in [6.07, 6.45) is 1.35. The fourth-order valence-electron chi connectivity index (χ4n) is 3.56. The van der Waals surface area contributed by atoms with Crippen molar-refractivity contribution in [2.45, 2.75) is 46.2 Å². The molecule has 0 fully saturated rings. The minimum Gasteiger partial charge on any atom is -0.356 e. The zero-order chi connectivity index (χ0) is 24.7. The number of hydrogen-bond donors (Lipinski definition) is 2. The zero-order valence-corrected chi connectivity index (χ0v) is 20.1. The number of unbranched alkanes of at least 4 members (excludes halogenated alkanes) is 1. The van der Waals surface area contributed by atoms with Crippen LogP contribution < -0.4 is 21.9 Å². The highest BCUT2D eigenvalue weighted by Gasteiger charge is 2.15. The average Bonchev–Trinajstić information content (AvgIpc) is 2.81. The molecule has 1 aromatic heterocycles. The van der Waals surface area contributed by atoms with E-state index in [1.54, 1.807) is 48.5 Å². The van der Waals surface area contributed by atoms with Crippen molar-refractivity contribution < 1.29 is 9.59 Å². The van der Waals surface area contributed by atoms with Crippen LogP contribution in [0.15, 0.2) is 58.1 Å². The van der Waals surface area contributed by atoms with Gasteiger partial charge in [0.15, 0.2) is 0 Å². The van der Waals surface area contributed by atoms with E-state index >= 15 is 0 Å². The number of para-hydroxylation sites is 1. The molecule has 2 N–H and O–H groups in total. The maximum absolute atomic E-state index is 13.2. The van der Waals surface area contributed by atoms with Gasteiger partial charge in [-0.2, -0.15) is 0 Å². The molecular weight excluding hydrogens is 456 g/mol. The van der Waals surface area contributed by atoms with Crippen LogP contribution >= 0.6 is 11.6 Å². The van der Waals surface area contributed by atoms with Gasteiger partial charge in [0.1, 0.15) is 6.54 Å². The third-order valence-corrected chi connectivity index (χ3v) is 5.56. The molecule has 1 heterocycles. The molecule has 0 radical (unpaired) electrons. The first-order chi connectivity index (χ1) is 16.3. The van der Waals surface area contributed by atoms with Gasteiger partial charge in [0.05, 0.1) is 10.9 Å². The van der Waals surface area contributed by atoms with Gasteiger partial charge in [0.25, 0.3) is 5.56 Å². The molecule has 0 saturated carbocycles. The first-order valence-electron chi connectivity index (χ1n) is 11.3. The number of fused-ring (bicyclic) bond motifs is 1. The average molecular weight is 485 g/mol. The first-order valence-corrected chi connectivity index (χ1v) is 11.7. The van der Waals surface area contributed by atoms with Crippen molar-refractivity contribution in [2.24, 2.45) is 5.92 Å². The van der Waals surface area contributed by atoms with Crippen LogP contribution in [0.4, 0.5) is 5.69 Å². The maximum Gasteiger partial charge on any atom is 0.331 e. The molecule has 3 aromatic rings. The summed E-state index contributed by atoms with van der Waals surface area (Å²) in [5.41, 5.74) is -0.0117. The minimum atomic E-state index is -0.556. The lowest BCUT2D eigenvalue weighted by molar-refractivity contribution is -0.121. The van der Waals surface area contributed by atoms with Gasteiger partial charge in [-0.3, -0.25) is 23.5 Å². The molecule has 0 aliphatic carbocycles. The van der Waals surface area contributed by atoms with Gasteiger partial charge < -0.3 is 10.6 Å². The van der Waals surface area contributed by atoms with E-state index < -0.39 is 17.2 Å². The summed E-state index contributed by atoms with van der Waals surface area (Å²) in [4.78, 5) is 50.7. The second-order valence-electron chi connectivity index (χ2n) is 8.55. The molecule has 8 nitrogen and oxygen atoms in total. The normalized spacial score (nSPS) is 11.1. The fraction of sp³-hybridized carbons (Fsp3) is 0.360. The monoisotopic (exact) mass is 484 g/mol. The van der Waals surface area contributed by atoms with E-state index in [0.29, 0.717) is 53.3 Å². The summed E-state index contributed by atoms with van der Waals surface area (Å²) in [5.74, 6) is -0.0760. The van der Waals surface area contributed by atoms with Crippen LogP contribution in [0.3, 0.4) is 0 Å². The van der Waals surface area contributed by atoms with Crippen molar-refractivity contribution in [3.63, 3.8) is 0 Å². The number of rotatable bonds is 10. The summed E-state index contributed by atoms with van der Waals surface area (Å²) >= 11 is 5.88. The fourth-order valence-corrected chi connectivity index (χ4v) is 3.69. The summed E-state index contributed by atoms with van der Waals surface area (Å²) in [6.45, 7) is 4.57. The van der Waals surface area contributed by atoms with E-state index in [1.165, 1.54) is 4.57 Å². The molecule has 180 valence electrons. The van der Waals surface area contributed by atoms with Crippen molar-refractivity contribution in [3.8, 4) is 0 Å². The molecular formula is C25H29ClN4O4. The Labute approximate surface area is 202 Å². The number of carbonyl (C=O) groups excluding carboxylic acids is 2. The summed E-state index contributed by atoms with van der Waals surface area (Å²) < 4.78 is 2.45. The standard InChI is InChI=1S/C25H29ClN4O4/c1-17(2)15-27-22(31)9-5-6-14-29-24(33)20-7-3-4-8-21(20)30(25(29)34)16-23(32)28-19-12-10-18(26)11-13-19/h3-4,7-8,10-13,17H,5-6,9,14-16H2,1-2H3,(H,27,31)(H,28,32). The SMILES string of the molecule is CC(C)CNC(=O)CCCCn1c(=O)c2ccccc2n(CC(=O)Nc2ccc(Cl)cc2)c1=O. The molecule has 0 bridgehead atoms. The second-order valence-corrected chi connectivity index (χ2v) is 8.99. The molecule has 2 aromatic carbocycles. The Hall–Kier alpha value is -3.39. The summed E-state index contributed by atoms with van der Waals surface area (Å²) in [5, 5.41) is 6.50. The number of anilines is 1. The molecule has 0 aliphatic rings. The summed E-state index contributed by atoms with van der Waals surface area (Å²) in [7, 11) is 0. The van der Waals surface area contributed by atoms with E-state index in [-0.39, 0.29) is 19.0 Å². The number of amides is 2. The van der Waals surface area contributed by atoms with Crippen LogP contribution in [-0.4, -0.2) is 27.5 Å². The van der Waals surface area contributed by atoms with Gasteiger partial charge in [0, 0.05) is 30.2 Å². The summed E-state index contributed by atoms with van der Waals surface area (Å²) in [6, 6.07) is 13.4. The number of halogens is 1. The van der Waals surface area contributed by atoms with Crippen molar-refractivity contribution in [1.29, 1.82) is 0 Å². The van der Waals surface area contributed by atoms with Crippen molar-refractivity contribution >= 4 is 40.0 Å². The molecule has 0 aliphatic heterocycles. The number of benzene rings is 2. The number of nitrogens with zero attached hydrogens (tertiary/aromatic N) is 2. The van der Waals surface area contributed by atoms with E-state index in [1.807, 2.05) is 13.8 Å². The second kappa shape index (κ2) is 11.7. The van der Waals surface area contributed by atoms with E-state index in [0.717, 1.165) is 4.57 Å². The highest BCUT2D eigenvalue weighted by molar-refractivity contribution is 6.30. The largest absolute Gasteiger partial charge is 0.356 e. The van der Waals surface area contributed by atoms with Crippen LogP contribution in [0, 0.1) is 5.92 Å². The van der Waals surface area contributed by atoms with Crippen molar-refractivity contribution in [2.75, 3.05) is 11.9 Å². The Kier molecular flexibility index (Phi) is 8.65.